The van der Waals surface area contributed by atoms with Gasteiger partial charge in [0.1, 0.15) is 5.75 Å². The molecule has 0 amide bonds. The molecule has 186 valence electrons. The maximum absolute atomic E-state index is 12.2. The predicted octanol–water partition coefficient (Wildman–Crippen LogP) is 4.98. The lowest BCUT2D eigenvalue weighted by molar-refractivity contribution is -0.146. The minimum absolute atomic E-state index is 0.146. The number of methoxy groups -OCH3 is 1. The highest BCUT2D eigenvalue weighted by Gasteiger charge is 2.34. The van der Waals surface area contributed by atoms with E-state index in [1.165, 1.54) is 31.2 Å². The molecule has 2 aromatic rings. The molecule has 0 radical (unpaired) electrons. The fourth-order valence-electron chi connectivity index (χ4n) is 5.71. The topological polar surface area (TPSA) is 74.7 Å². The number of ether oxygens (including phenoxy) is 1. The average Bonchev–Trinajstić information content (AvgIpc) is 3.38. The van der Waals surface area contributed by atoms with Crippen LogP contribution in [0.2, 0.25) is 0 Å². The number of carboxylic acids is 1. The summed E-state index contributed by atoms with van der Waals surface area (Å²) < 4.78 is 5.43. The second-order valence-electron chi connectivity index (χ2n) is 9.77. The smallest absolute Gasteiger partial charge is 0.308 e. The molecule has 0 bridgehead atoms. The first-order valence-electron chi connectivity index (χ1n) is 12.8. The van der Waals surface area contributed by atoms with Gasteiger partial charge in [0, 0.05) is 41.7 Å². The zero-order valence-electron chi connectivity index (χ0n) is 20.5. The van der Waals surface area contributed by atoms with Crippen LogP contribution in [-0.4, -0.2) is 65.8 Å². The number of carbonyl (C=O) groups is 1. The van der Waals surface area contributed by atoms with Crippen LogP contribution in [0.25, 0.3) is 10.9 Å². The van der Waals surface area contributed by atoms with Crippen LogP contribution in [0.3, 0.4) is 0 Å². The number of carboxylic acid groups (broad SMARTS) is 1. The van der Waals surface area contributed by atoms with E-state index in [-0.39, 0.29) is 17.9 Å². The first-order valence-corrected chi connectivity index (χ1v) is 13.8. The molecule has 1 saturated heterocycles. The van der Waals surface area contributed by atoms with Gasteiger partial charge in [-0.2, -0.15) is 11.8 Å². The van der Waals surface area contributed by atoms with Crippen molar-refractivity contribution >= 4 is 28.6 Å². The van der Waals surface area contributed by atoms with Gasteiger partial charge in [0.2, 0.25) is 0 Å². The molecule has 2 aliphatic rings. The molecule has 0 spiro atoms. The monoisotopic (exact) mass is 485 g/mol. The molecular weight excluding hydrogens is 446 g/mol. The van der Waals surface area contributed by atoms with Crippen molar-refractivity contribution in [1.29, 1.82) is 0 Å². The summed E-state index contributed by atoms with van der Waals surface area (Å²) in [6, 6.07) is 8.19. The molecule has 1 aliphatic carbocycles. The Morgan fingerprint density at radius 3 is 2.85 bits per heavy atom. The third-order valence-corrected chi connectivity index (χ3v) is 9.11. The molecule has 2 heterocycles. The van der Waals surface area contributed by atoms with E-state index >= 15 is 0 Å². The number of rotatable bonds is 11. The van der Waals surface area contributed by atoms with Crippen LogP contribution in [0.4, 0.5) is 0 Å². The van der Waals surface area contributed by atoms with Crippen molar-refractivity contribution in [3.63, 3.8) is 0 Å². The van der Waals surface area contributed by atoms with Gasteiger partial charge in [-0.25, -0.2) is 0 Å². The molecule has 6 nitrogen and oxygen atoms in total. The number of hydrogen-bond acceptors (Lipinski definition) is 6. The number of pyridine rings is 1. The molecule has 34 heavy (non-hydrogen) atoms. The highest BCUT2D eigenvalue weighted by Crippen LogP contribution is 2.34. The van der Waals surface area contributed by atoms with Crippen LogP contribution in [0.15, 0.2) is 30.5 Å². The second kappa shape index (κ2) is 12.2. The normalized spacial score (nSPS) is 22.8. The van der Waals surface area contributed by atoms with Crippen molar-refractivity contribution in [3.8, 4) is 5.75 Å². The van der Waals surface area contributed by atoms with E-state index in [1.54, 1.807) is 7.11 Å². The molecule has 7 heteroatoms. The summed E-state index contributed by atoms with van der Waals surface area (Å²) in [4.78, 5) is 19.0. The molecular formula is C27H39N3O3S. The summed E-state index contributed by atoms with van der Waals surface area (Å²) in [6.07, 6.45) is 10.1. The Bertz CT molecular complexity index is 950. The highest BCUT2D eigenvalue weighted by molar-refractivity contribution is 7.99. The van der Waals surface area contributed by atoms with Gasteiger partial charge in [0.25, 0.3) is 0 Å². The number of fused-ring (bicyclic) bond motifs is 1. The molecule has 1 aliphatic heterocycles. The van der Waals surface area contributed by atoms with Crippen molar-refractivity contribution in [2.45, 2.75) is 56.2 Å². The van der Waals surface area contributed by atoms with Gasteiger partial charge in [-0.15, -0.1) is 0 Å². The number of hydrogen-bond donors (Lipinski definition) is 2. The molecule has 2 N–H and O–H groups in total. The maximum atomic E-state index is 12.2. The van der Waals surface area contributed by atoms with Crippen molar-refractivity contribution in [2.24, 2.45) is 11.8 Å². The fraction of sp³-hybridized carbons (Fsp3) is 0.630. The molecule has 1 aromatic heterocycles. The van der Waals surface area contributed by atoms with E-state index in [0.29, 0.717) is 6.54 Å². The maximum Gasteiger partial charge on any atom is 0.308 e. The van der Waals surface area contributed by atoms with Crippen molar-refractivity contribution in [1.82, 2.24) is 15.2 Å². The van der Waals surface area contributed by atoms with Gasteiger partial charge < -0.3 is 20.1 Å². The van der Waals surface area contributed by atoms with Crippen LogP contribution >= 0.6 is 11.8 Å². The Morgan fingerprint density at radius 1 is 1.29 bits per heavy atom. The number of piperidine rings is 1. The number of aromatic nitrogens is 1. The fourth-order valence-corrected chi connectivity index (χ4v) is 7.08. The molecule has 1 aromatic carbocycles. The number of thioether (sulfide) groups is 1. The number of aliphatic carboxylic acids is 1. The lowest BCUT2D eigenvalue weighted by Gasteiger charge is -2.37. The lowest BCUT2D eigenvalue weighted by Crippen LogP contribution is -2.44. The van der Waals surface area contributed by atoms with E-state index in [4.69, 9.17) is 4.74 Å². The van der Waals surface area contributed by atoms with Gasteiger partial charge in [0.15, 0.2) is 0 Å². The SMILES string of the molecule is CN[C@@H](CC[C@@H]1CCN(CCSC2CCCC2)C[C@@H]1C(=O)O)c1ccnc2ccc(OC)cc12. The zero-order valence-corrected chi connectivity index (χ0v) is 21.4. The third-order valence-electron chi connectivity index (χ3n) is 7.75. The minimum Gasteiger partial charge on any atom is -0.497 e. The summed E-state index contributed by atoms with van der Waals surface area (Å²) in [7, 11) is 3.66. The number of benzene rings is 1. The van der Waals surface area contributed by atoms with E-state index in [1.807, 2.05) is 31.4 Å². The second-order valence-corrected chi connectivity index (χ2v) is 11.2. The zero-order chi connectivity index (χ0) is 23.9. The lowest BCUT2D eigenvalue weighted by atomic mass is 9.81. The Hall–Kier alpha value is -1.83. The van der Waals surface area contributed by atoms with E-state index in [9.17, 15) is 9.90 Å². The molecule has 3 atom stereocenters. The predicted molar refractivity (Wildman–Crippen MR) is 140 cm³/mol. The van der Waals surface area contributed by atoms with Crippen LogP contribution in [-0.2, 0) is 4.79 Å². The molecule has 4 rings (SSSR count). The molecule has 1 saturated carbocycles. The van der Waals surface area contributed by atoms with Crippen molar-refractivity contribution in [2.75, 3.05) is 39.5 Å². The van der Waals surface area contributed by atoms with Gasteiger partial charge in [-0.05, 0) is 81.4 Å². The van der Waals surface area contributed by atoms with Crippen LogP contribution in [0.1, 0.15) is 56.6 Å². The van der Waals surface area contributed by atoms with Gasteiger partial charge in [-0.3, -0.25) is 9.78 Å². The van der Waals surface area contributed by atoms with Gasteiger partial charge >= 0.3 is 5.97 Å². The number of nitrogens with one attached hydrogen (secondary N) is 1. The van der Waals surface area contributed by atoms with E-state index < -0.39 is 5.97 Å². The summed E-state index contributed by atoms with van der Waals surface area (Å²) in [5.41, 5.74) is 2.14. The standard InChI is InChI=1S/C27H39N3O3S/c1-28-25(22-11-13-29-26-10-8-20(33-2)17-23(22)26)9-7-19-12-14-30(18-24(19)27(31)32)15-16-34-21-5-3-4-6-21/h8,10-11,13,17,19,21,24-25,28H,3-7,9,12,14-16,18H2,1-2H3,(H,31,32)/t19-,24+,25+/m1/s1. The Labute approximate surface area is 207 Å². The summed E-state index contributed by atoms with van der Waals surface area (Å²) in [6.45, 7) is 2.71. The minimum atomic E-state index is -0.641. The quantitative estimate of drug-likeness (QED) is 0.465. The largest absolute Gasteiger partial charge is 0.497 e. The first-order chi connectivity index (χ1) is 16.6. The van der Waals surface area contributed by atoms with Crippen LogP contribution in [0, 0.1) is 11.8 Å². The van der Waals surface area contributed by atoms with E-state index in [2.05, 4.69) is 33.0 Å². The summed E-state index contributed by atoms with van der Waals surface area (Å²) in [5, 5.41) is 15.4. The number of likely N-dealkylation sites (tertiary alicyclic amines) is 1. The van der Waals surface area contributed by atoms with Crippen molar-refractivity contribution in [3.05, 3.63) is 36.0 Å². The Morgan fingerprint density at radius 2 is 2.12 bits per heavy atom. The third kappa shape index (κ3) is 6.23. The molecule has 2 fully saturated rings. The van der Waals surface area contributed by atoms with Gasteiger partial charge in [-0.1, -0.05) is 12.8 Å². The Balaban J connectivity index is 1.36. The Kier molecular flexibility index (Phi) is 9.09. The molecule has 0 unspecified atom stereocenters. The number of nitrogens with zero attached hydrogens (tertiary/aromatic N) is 2. The summed E-state index contributed by atoms with van der Waals surface area (Å²) >= 11 is 2.09. The first kappa shape index (κ1) is 25.3. The van der Waals surface area contributed by atoms with Crippen molar-refractivity contribution < 1.29 is 14.6 Å². The summed E-state index contributed by atoms with van der Waals surface area (Å²) in [5.74, 6) is 1.24. The van der Waals surface area contributed by atoms with E-state index in [0.717, 1.165) is 60.0 Å². The highest BCUT2D eigenvalue weighted by atomic mass is 32.2. The van der Waals surface area contributed by atoms with Gasteiger partial charge in [0.05, 0.1) is 18.5 Å². The van der Waals surface area contributed by atoms with Crippen LogP contribution < -0.4 is 10.1 Å². The average molecular weight is 486 g/mol. The van der Waals surface area contributed by atoms with Crippen LogP contribution in [0.5, 0.6) is 5.75 Å².